The van der Waals surface area contributed by atoms with Crippen molar-refractivity contribution in [2.75, 3.05) is 5.32 Å². The summed E-state index contributed by atoms with van der Waals surface area (Å²) in [5, 5.41) is 9.56. The average molecular weight is 289 g/mol. The number of hydrogen-bond acceptors (Lipinski definition) is 3. The Kier molecular flexibility index (Phi) is 3.61. The molecule has 0 radical (unpaired) electrons. The zero-order valence-corrected chi connectivity index (χ0v) is 10.7. The van der Waals surface area contributed by atoms with Gasteiger partial charge < -0.3 is 5.32 Å². The zero-order valence-electron chi connectivity index (χ0n) is 9.84. The fraction of sp³-hybridized carbons (Fsp3) is 0.273. The van der Waals surface area contributed by atoms with Gasteiger partial charge in [-0.05, 0) is 18.4 Å². The lowest BCUT2D eigenvalue weighted by atomic mass is 10.2. The van der Waals surface area contributed by atoms with Gasteiger partial charge in [-0.15, -0.1) is 11.3 Å². The van der Waals surface area contributed by atoms with Crippen LogP contribution in [0, 0.1) is 6.92 Å². The van der Waals surface area contributed by atoms with Gasteiger partial charge in [0, 0.05) is 10.4 Å². The third-order valence-electron chi connectivity index (χ3n) is 2.47. The van der Waals surface area contributed by atoms with Crippen LogP contribution in [-0.4, -0.2) is 16.1 Å². The highest BCUT2D eigenvalue weighted by molar-refractivity contribution is 7.10. The lowest BCUT2D eigenvalue weighted by molar-refractivity contribution is -0.141. The van der Waals surface area contributed by atoms with E-state index in [1.54, 1.807) is 12.1 Å². The molecule has 0 aliphatic heterocycles. The summed E-state index contributed by atoms with van der Waals surface area (Å²) in [5.74, 6) is -0.486. The number of anilines is 1. The first-order chi connectivity index (χ1) is 8.88. The first-order valence-corrected chi connectivity index (χ1v) is 6.20. The van der Waals surface area contributed by atoms with Crippen LogP contribution in [0.2, 0.25) is 0 Å². The number of aromatic nitrogens is 2. The molecule has 2 N–H and O–H groups in total. The maximum atomic E-state index is 12.5. The second-order valence-corrected chi connectivity index (χ2v) is 4.91. The van der Waals surface area contributed by atoms with Gasteiger partial charge in [-0.2, -0.15) is 18.3 Å². The highest BCUT2D eigenvalue weighted by Gasteiger charge is 2.36. The Bertz CT molecular complexity index is 575. The maximum absolute atomic E-state index is 12.5. The predicted octanol–water partition coefficient (Wildman–Crippen LogP) is 2.98. The van der Waals surface area contributed by atoms with Crippen molar-refractivity contribution >= 4 is 23.1 Å². The summed E-state index contributed by atoms with van der Waals surface area (Å²) in [6.07, 6.45) is -4.39. The van der Waals surface area contributed by atoms with Gasteiger partial charge in [-0.1, -0.05) is 6.07 Å². The Balaban J connectivity index is 2.08. The molecule has 0 aromatic carbocycles. The van der Waals surface area contributed by atoms with Crippen molar-refractivity contribution in [2.45, 2.75) is 19.5 Å². The molecule has 0 spiro atoms. The summed E-state index contributed by atoms with van der Waals surface area (Å²) >= 11 is 1.41. The number of aromatic amines is 1. The van der Waals surface area contributed by atoms with Crippen molar-refractivity contribution in [1.82, 2.24) is 10.2 Å². The standard InChI is InChI=1S/C11H10F3N3OS/c1-6-9(11(12,13)14)16-17-10(6)15-8(18)5-7-3-2-4-19-7/h2-4H,5H2,1H3,(H2,15,16,17,18). The third-order valence-corrected chi connectivity index (χ3v) is 3.34. The molecular formula is C11H10F3N3OS. The van der Waals surface area contributed by atoms with Gasteiger partial charge in [0.1, 0.15) is 5.69 Å². The van der Waals surface area contributed by atoms with Gasteiger partial charge >= 0.3 is 6.18 Å². The van der Waals surface area contributed by atoms with Crippen LogP contribution in [0.1, 0.15) is 16.1 Å². The minimum Gasteiger partial charge on any atom is -0.309 e. The third kappa shape index (κ3) is 3.14. The molecule has 2 heterocycles. The van der Waals surface area contributed by atoms with Crippen molar-refractivity contribution in [3.05, 3.63) is 33.6 Å². The number of carbonyl (C=O) groups is 1. The molecule has 1 amide bonds. The van der Waals surface area contributed by atoms with Crippen molar-refractivity contribution in [3.8, 4) is 0 Å². The molecule has 0 saturated heterocycles. The lowest BCUT2D eigenvalue weighted by Gasteiger charge is -2.05. The van der Waals surface area contributed by atoms with E-state index in [-0.39, 0.29) is 17.8 Å². The van der Waals surface area contributed by atoms with Crippen LogP contribution in [0.5, 0.6) is 0 Å². The molecule has 102 valence electrons. The van der Waals surface area contributed by atoms with Gasteiger partial charge in [0.15, 0.2) is 5.82 Å². The van der Waals surface area contributed by atoms with Gasteiger partial charge in [-0.3, -0.25) is 9.89 Å². The molecule has 0 aliphatic carbocycles. The smallest absolute Gasteiger partial charge is 0.309 e. The van der Waals surface area contributed by atoms with E-state index in [1.165, 1.54) is 18.3 Å². The Morgan fingerprint density at radius 2 is 2.26 bits per heavy atom. The van der Waals surface area contributed by atoms with Crippen LogP contribution in [0.3, 0.4) is 0 Å². The predicted molar refractivity (Wildman–Crippen MR) is 65.0 cm³/mol. The molecule has 19 heavy (non-hydrogen) atoms. The summed E-state index contributed by atoms with van der Waals surface area (Å²) < 4.78 is 37.6. The molecule has 0 saturated carbocycles. The molecular weight excluding hydrogens is 279 g/mol. The number of thiophene rings is 1. The monoisotopic (exact) mass is 289 g/mol. The molecule has 0 fully saturated rings. The number of nitrogens with one attached hydrogen (secondary N) is 2. The summed E-state index contributed by atoms with van der Waals surface area (Å²) in [5.41, 5.74) is -1.06. The van der Waals surface area contributed by atoms with E-state index in [4.69, 9.17) is 0 Å². The van der Waals surface area contributed by atoms with Crippen LogP contribution < -0.4 is 5.32 Å². The number of alkyl halides is 3. The van der Waals surface area contributed by atoms with E-state index < -0.39 is 17.8 Å². The fourth-order valence-electron chi connectivity index (χ4n) is 1.54. The molecule has 2 aromatic rings. The van der Waals surface area contributed by atoms with E-state index in [9.17, 15) is 18.0 Å². The normalized spacial score (nSPS) is 11.6. The van der Waals surface area contributed by atoms with E-state index in [1.807, 2.05) is 10.5 Å². The van der Waals surface area contributed by atoms with Crippen LogP contribution in [-0.2, 0) is 17.4 Å². The number of rotatable bonds is 3. The van der Waals surface area contributed by atoms with Gasteiger partial charge in [0.2, 0.25) is 5.91 Å². The zero-order chi connectivity index (χ0) is 14.0. The molecule has 2 aromatic heterocycles. The fourth-order valence-corrected chi connectivity index (χ4v) is 2.25. The molecule has 0 unspecified atom stereocenters. The van der Waals surface area contributed by atoms with E-state index in [2.05, 4.69) is 10.4 Å². The minimum absolute atomic E-state index is 0.0890. The summed E-state index contributed by atoms with van der Waals surface area (Å²) in [7, 11) is 0. The van der Waals surface area contributed by atoms with Crippen LogP contribution in [0.4, 0.5) is 19.0 Å². The quantitative estimate of drug-likeness (QED) is 0.912. The van der Waals surface area contributed by atoms with E-state index in [0.29, 0.717) is 0 Å². The van der Waals surface area contributed by atoms with E-state index >= 15 is 0 Å². The Labute approximate surface area is 110 Å². The number of amides is 1. The second kappa shape index (κ2) is 5.04. The number of H-pyrrole nitrogens is 1. The van der Waals surface area contributed by atoms with Crippen molar-refractivity contribution in [2.24, 2.45) is 0 Å². The van der Waals surface area contributed by atoms with Crippen LogP contribution >= 0.6 is 11.3 Å². The molecule has 0 aliphatic rings. The molecule has 8 heteroatoms. The van der Waals surface area contributed by atoms with Crippen LogP contribution in [0.25, 0.3) is 0 Å². The van der Waals surface area contributed by atoms with Gasteiger partial charge in [-0.25, -0.2) is 0 Å². The number of hydrogen-bond donors (Lipinski definition) is 2. The first kappa shape index (κ1) is 13.6. The average Bonchev–Trinajstić information content (AvgIpc) is 2.89. The minimum atomic E-state index is -4.51. The number of carbonyl (C=O) groups excluding carboxylic acids is 1. The van der Waals surface area contributed by atoms with Gasteiger partial charge in [0.25, 0.3) is 0 Å². The summed E-state index contributed by atoms with van der Waals surface area (Å²) in [4.78, 5) is 12.5. The number of halogens is 3. The Hall–Kier alpha value is -1.83. The van der Waals surface area contributed by atoms with E-state index in [0.717, 1.165) is 4.88 Å². The van der Waals surface area contributed by atoms with Gasteiger partial charge in [0.05, 0.1) is 6.42 Å². The Morgan fingerprint density at radius 1 is 1.53 bits per heavy atom. The largest absolute Gasteiger partial charge is 0.433 e. The highest BCUT2D eigenvalue weighted by atomic mass is 32.1. The molecule has 0 bridgehead atoms. The SMILES string of the molecule is Cc1c(NC(=O)Cc2cccs2)n[nH]c1C(F)(F)F. The second-order valence-electron chi connectivity index (χ2n) is 3.87. The van der Waals surface area contributed by atoms with Crippen molar-refractivity contribution < 1.29 is 18.0 Å². The molecule has 4 nitrogen and oxygen atoms in total. The summed E-state index contributed by atoms with van der Waals surface area (Å²) in [6.45, 7) is 1.26. The van der Waals surface area contributed by atoms with Crippen molar-refractivity contribution in [1.29, 1.82) is 0 Å². The lowest BCUT2D eigenvalue weighted by Crippen LogP contribution is -2.15. The van der Waals surface area contributed by atoms with Crippen LogP contribution in [0.15, 0.2) is 17.5 Å². The Morgan fingerprint density at radius 3 is 2.79 bits per heavy atom. The first-order valence-electron chi connectivity index (χ1n) is 5.32. The van der Waals surface area contributed by atoms with Crippen molar-refractivity contribution in [3.63, 3.8) is 0 Å². The molecule has 0 atom stereocenters. The summed E-state index contributed by atoms with van der Waals surface area (Å²) in [6, 6.07) is 3.58. The number of nitrogens with zero attached hydrogens (tertiary/aromatic N) is 1. The molecule has 2 rings (SSSR count). The highest BCUT2D eigenvalue weighted by Crippen LogP contribution is 2.32. The maximum Gasteiger partial charge on any atom is 0.433 e. The topological polar surface area (TPSA) is 57.8 Å².